The number of nitrogens with one attached hydrogen (secondary N) is 1. The Balaban J connectivity index is 2.38. The van der Waals surface area contributed by atoms with Crippen molar-refractivity contribution in [3.8, 4) is 0 Å². The fraction of sp³-hybridized carbons (Fsp3) is 0.300. The number of fused-ring (bicyclic) bond motifs is 1. The second-order valence-corrected chi connectivity index (χ2v) is 3.21. The van der Waals surface area contributed by atoms with Crippen LogP contribution < -0.4 is 5.32 Å². The zero-order valence-corrected chi connectivity index (χ0v) is 8.38. The van der Waals surface area contributed by atoms with Crippen molar-refractivity contribution in [2.24, 2.45) is 0 Å². The van der Waals surface area contributed by atoms with E-state index in [1.165, 1.54) is 0 Å². The minimum absolute atomic E-state index is 0.471. The van der Waals surface area contributed by atoms with Gasteiger partial charge in [0.25, 0.3) is 0 Å². The second kappa shape index (κ2) is 4.29. The van der Waals surface area contributed by atoms with E-state index in [-0.39, 0.29) is 0 Å². The molecule has 0 fully saturated rings. The first kappa shape index (κ1) is 9.95. The molecule has 1 atom stereocenters. The summed E-state index contributed by atoms with van der Waals surface area (Å²) in [5, 5.41) is 12.6. The number of aliphatic hydroxyl groups excluding tert-OH is 1. The summed E-state index contributed by atoms with van der Waals surface area (Å²) in [5.41, 5.74) is 1.90. The molecule has 5 nitrogen and oxygen atoms in total. The monoisotopic (exact) mass is 204 g/mol. The summed E-state index contributed by atoms with van der Waals surface area (Å²) >= 11 is 0. The van der Waals surface area contributed by atoms with E-state index in [1.807, 2.05) is 6.07 Å². The van der Waals surface area contributed by atoms with Crippen LogP contribution in [0.15, 0.2) is 24.5 Å². The van der Waals surface area contributed by atoms with Crippen LogP contribution in [0.3, 0.4) is 0 Å². The highest BCUT2D eigenvalue weighted by molar-refractivity contribution is 5.68. The molecule has 2 heterocycles. The van der Waals surface area contributed by atoms with Gasteiger partial charge in [-0.2, -0.15) is 0 Å². The lowest BCUT2D eigenvalue weighted by Gasteiger charge is -2.08. The second-order valence-electron chi connectivity index (χ2n) is 3.21. The van der Waals surface area contributed by atoms with Gasteiger partial charge < -0.3 is 10.4 Å². The largest absolute Gasteiger partial charge is 0.385 e. The van der Waals surface area contributed by atoms with E-state index in [2.05, 4.69) is 20.3 Å². The van der Waals surface area contributed by atoms with E-state index < -0.39 is 6.10 Å². The third kappa shape index (κ3) is 2.08. The maximum Gasteiger partial charge on any atom is 0.178 e. The predicted octanol–water partition coefficient (Wildman–Crippen LogP) is 0.278. The number of nitrogens with zero attached hydrogens (tertiary/aromatic N) is 3. The molecule has 0 bridgehead atoms. The molecule has 2 aromatic rings. The van der Waals surface area contributed by atoms with Gasteiger partial charge in [0, 0.05) is 18.9 Å². The molecule has 78 valence electrons. The molecule has 0 amide bonds. The van der Waals surface area contributed by atoms with Crippen molar-refractivity contribution in [1.82, 2.24) is 20.3 Å². The Labute approximate surface area is 87.2 Å². The highest BCUT2D eigenvalue weighted by atomic mass is 16.3. The van der Waals surface area contributed by atoms with Gasteiger partial charge in [-0.25, -0.2) is 9.97 Å². The zero-order chi connectivity index (χ0) is 10.7. The molecule has 5 heteroatoms. The van der Waals surface area contributed by atoms with Crippen molar-refractivity contribution in [2.75, 3.05) is 13.6 Å². The maximum atomic E-state index is 9.71. The zero-order valence-electron chi connectivity index (χ0n) is 8.38. The summed E-state index contributed by atoms with van der Waals surface area (Å²) in [6.07, 6.45) is 2.60. The molecular weight excluding hydrogens is 192 g/mol. The molecular formula is C10H12N4O. The Morgan fingerprint density at radius 2 is 2.13 bits per heavy atom. The van der Waals surface area contributed by atoms with Crippen LogP contribution in [0, 0.1) is 0 Å². The molecule has 2 N–H and O–H groups in total. The molecule has 0 saturated heterocycles. The van der Waals surface area contributed by atoms with E-state index >= 15 is 0 Å². The molecule has 0 spiro atoms. The SMILES string of the molecule is CNCC(O)c1ccc2nccnc2n1. The van der Waals surface area contributed by atoms with E-state index in [1.54, 1.807) is 25.5 Å². The molecule has 0 aliphatic carbocycles. The third-order valence-corrected chi connectivity index (χ3v) is 2.09. The number of aliphatic hydroxyl groups is 1. The van der Waals surface area contributed by atoms with Gasteiger partial charge in [0.15, 0.2) is 5.65 Å². The number of likely N-dealkylation sites (N-methyl/N-ethyl adjacent to an activating group) is 1. The summed E-state index contributed by atoms with van der Waals surface area (Å²) in [4.78, 5) is 12.4. The Morgan fingerprint density at radius 3 is 2.93 bits per heavy atom. The standard InChI is InChI=1S/C10H12N4O/c1-11-6-9(15)7-2-3-8-10(14-7)13-5-4-12-8/h2-5,9,11,15H,6H2,1H3. The summed E-state index contributed by atoms with van der Waals surface area (Å²) in [6.45, 7) is 0.471. The predicted molar refractivity (Wildman–Crippen MR) is 56.2 cm³/mol. The normalized spacial score (nSPS) is 12.9. The summed E-state index contributed by atoms with van der Waals surface area (Å²) < 4.78 is 0. The van der Waals surface area contributed by atoms with Crippen molar-refractivity contribution < 1.29 is 5.11 Å². The van der Waals surface area contributed by atoms with Crippen LogP contribution in [0.5, 0.6) is 0 Å². The summed E-state index contributed by atoms with van der Waals surface area (Å²) in [5.74, 6) is 0. The molecule has 2 aromatic heterocycles. The number of pyridine rings is 1. The van der Waals surface area contributed by atoms with Gasteiger partial charge in [-0.1, -0.05) is 0 Å². The van der Waals surface area contributed by atoms with Crippen molar-refractivity contribution in [3.63, 3.8) is 0 Å². The molecule has 0 aromatic carbocycles. The lowest BCUT2D eigenvalue weighted by Crippen LogP contribution is -2.17. The Kier molecular flexibility index (Phi) is 2.84. The Morgan fingerprint density at radius 1 is 1.33 bits per heavy atom. The quantitative estimate of drug-likeness (QED) is 0.751. The summed E-state index contributed by atoms with van der Waals surface area (Å²) in [6, 6.07) is 3.57. The molecule has 15 heavy (non-hydrogen) atoms. The lowest BCUT2D eigenvalue weighted by molar-refractivity contribution is 0.173. The fourth-order valence-corrected chi connectivity index (χ4v) is 1.35. The van der Waals surface area contributed by atoms with Crippen LogP contribution in [0.4, 0.5) is 0 Å². The van der Waals surface area contributed by atoms with Gasteiger partial charge in [0.2, 0.25) is 0 Å². The van der Waals surface area contributed by atoms with Gasteiger partial charge in [0.05, 0.1) is 5.69 Å². The number of rotatable bonds is 3. The number of aromatic nitrogens is 3. The maximum absolute atomic E-state index is 9.71. The molecule has 0 saturated carbocycles. The fourth-order valence-electron chi connectivity index (χ4n) is 1.35. The van der Waals surface area contributed by atoms with Gasteiger partial charge >= 0.3 is 0 Å². The van der Waals surface area contributed by atoms with E-state index in [0.29, 0.717) is 17.9 Å². The minimum Gasteiger partial charge on any atom is -0.385 e. The smallest absolute Gasteiger partial charge is 0.178 e. The van der Waals surface area contributed by atoms with Crippen molar-refractivity contribution in [3.05, 3.63) is 30.2 Å². The van der Waals surface area contributed by atoms with E-state index in [0.717, 1.165) is 5.52 Å². The number of hydrogen-bond donors (Lipinski definition) is 2. The van der Waals surface area contributed by atoms with Crippen LogP contribution in [0.25, 0.3) is 11.2 Å². The van der Waals surface area contributed by atoms with Crippen molar-refractivity contribution >= 4 is 11.2 Å². The first-order valence-corrected chi connectivity index (χ1v) is 4.71. The van der Waals surface area contributed by atoms with Crippen LogP contribution in [0.1, 0.15) is 11.8 Å². The Bertz CT molecular complexity index is 460. The average molecular weight is 204 g/mol. The number of hydrogen-bond acceptors (Lipinski definition) is 5. The Hall–Kier alpha value is -1.59. The summed E-state index contributed by atoms with van der Waals surface area (Å²) in [7, 11) is 1.78. The molecule has 0 radical (unpaired) electrons. The van der Waals surface area contributed by atoms with E-state index in [9.17, 15) is 5.11 Å². The van der Waals surface area contributed by atoms with Crippen molar-refractivity contribution in [2.45, 2.75) is 6.10 Å². The highest BCUT2D eigenvalue weighted by Crippen LogP contribution is 2.12. The first-order valence-electron chi connectivity index (χ1n) is 4.71. The first-order chi connectivity index (χ1) is 7.31. The van der Waals surface area contributed by atoms with Crippen LogP contribution in [-0.4, -0.2) is 33.7 Å². The minimum atomic E-state index is -0.610. The van der Waals surface area contributed by atoms with Gasteiger partial charge in [-0.15, -0.1) is 0 Å². The molecule has 1 unspecified atom stereocenters. The van der Waals surface area contributed by atoms with Crippen LogP contribution in [-0.2, 0) is 0 Å². The topological polar surface area (TPSA) is 70.9 Å². The van der Waals surface area contributed by atoms with Gasteiger partial charge in [-0.3, -0.25) is 4.98 Å². The highest BCUT2D eigenvalue weighted by Gasteiger charge is 2.08. The van der Waals surface area contributed by atoms with E-state index in [4.69, 9.17) is 0 Å². The molecule has 2 rings (SSSR count). The molecule has 0 aliphatic heterocycles. The van der Waals surface area contributed by atoms with Gasteiger partial charge in [-0.05, 0) is 19.2 Å². The van der Waals surface area contributed by atoms with Gasteiger partial charge in [0.1, 0.15) is 11.6 Å². The average Bonchev–Trinajstić information content (AvgIpc) is 2.29. The van der Waals surface area contributed by atoms with Crippen LogP contribution in [0.2, 0.25) is 0 Å². The third-order valence-electron chi connectivity index (χ3n) is 2.09. The van der Waals surface area contributed by atoms with Crippen LogP contribution >= 0.6 is 0 Å². The molecule has 0 aliphatic rings. The van der Waals surface area contributed by atoms with Crippen molar-refractivity contribution in [1.29, 1.82) is 0 Å². The lowest BCUT2D eigenvalue weighted by atomic mass is 10.2.